The second kappa shape index (κ2) is 15.0. The SMILES string of the molecule is CC.CCCC(CC)NCCCNCc1ccc(CN)cc1. The fourth-order valence-electron chi connectivity index (χ4n) is 2.34. The van der Waals surface area contributed by atoms with E-state index in [9.17, 15) is 0 Å². The van der Waals surface area contributed by atoms with Crippen LogP contribution in [0.2, 0.25) is 0 Å². The first-order valence-electron chi connectivity index (χ1n) is 9.02. The maximum Gasteiger partial charge on any atom is 0.0205 e. The maximum atomic E-state index is 5.59. The first-order chi connectivity index (χ1) is 10.8. The minimum atomic E-state index is 0.621. The van der Waals surface area contributed by atoms with Crippen LogP contribution in [-0.4, -0.2) is 19.1 Å². The van der Waals surface area contributed by atoms with Gasteiger partial charge in [-0.05, 0) is 43.5 Å². The van der Waals surface area contributed by atoms with Crippen molar-refractivity contribution in [1.82, 2.24) is 10.6 Å². The standard InChI is InChI=1S/C17H31N3.C2H6/c1-3-6-17(4-2)20-12-5-11-19-14-16-9-7-15(13-18)8-10-16;1-2/h7-10,17,19-20H,3-6,11-14,18H2,1-2H3;1-2H3. The average molecular weight is 308 g/mol. The van der Waals surface area contributed by atoms with Gasteiger partial charge in [-0.1, -0.05) is 58.4 Å². The molecule has 1 aromatic rings. The first kappa shape index (κ1) is 21.1. The number of nitrogens with one attached hydrogen (secondary N) is 2. The zero-order valence-electron chi connectivity index (χ0n) is 15.1. The zero-order valence-corrected chi connectivity index (χ0v) is 15.1. The Labute approximate surface area is 138 Å². The lowest BCUT2D eigenvalue weighted by Gasteiger charge is -2.15. The second-order valence-corrected chi connectivity index (χ2v) is 5.40. The van der Waals surface area contributed by atoms with Crippen molar-refractivity contribution < 1.29 is 0 Å². The van der Waals surface area contributed by atoms with Crippen molar-refractivity contribution in [3.8, 4) is 0 Å². The molecule has 3 nitrogen and oxygen atoms in total. The Balaban J connectivity index is 0.00000211. The highest BCUT2D eigenvalue weighted by Crippen LogP contribution is 2.03. The molecule has 128 valence electrons. The van der Waals surface area contributed by atoms with E-state index in [1.807, 2.05) is 13.8 Å². The van der Waals surface area contributed by atoms with Gasteiger partial charge in [0, 0.05) is 19.1 Å². The fraction of sp³-hybridized carbons (Fsp3) is 0.684. The Morgan fingerprint density at radius 2 is 1.64 bits per heavy atom. The molecule has 0 saturated heterocycles. The molecule has 0 amide bonds. The lowest BCUT2D eigenvalue weighted by molar-refractivity contribution is 0.454. The molecule has 0 fully saturated rings. The van der Waals surface area contributed by atoms with Crippen LogP contribution in [0.3, 0.4) is 0 Å². The molecule has 1 unspecified atom stereocenters. The minimum absolute atomic E-state index is 0.621. The van der Waals surface area contributed by atoms with Crippen molar-refractivity contribution in [2.75, 3.05) is 13.1 Å². The molecule has 0 aliphatic rings. The van der Waals surface area contributed by atoms with Gasteiger partial charge >= 0.3 is 0 Å². The Morgan fingerprint density at radius 1 is 1.00 bits per heavy atom. The van der Waals surface area contributed by atoms with Gasteiger partial charge in [0.1, 0.15) is 0 Å². The number of hydrogen-bond donors (Lipinski definition) is 3. The number of hydrogen-bond acceptors (Lipinski definition) is 3. The van der Waals surface area contributed by atoms with E-state index < -0.39 is 0 Å². The van der Waals surface area contributed by atoms with Crippen molar-refractivity contribution in [2.24, 2.45) is 5.73 Å². The summed E-state index contributed by atoms with van der Waals surface area (Å²) in [4.78, 5) is 0. The van der Waals surface area contributed by atoms with Crippen molar-refractivity contribution in [3.05, 3.63) is 35.4 Å². The van der Waals surface area contributed by atoms with Crippen LogP contribution in [-0.2, 0) is 13.1 Å². The molecule has 1 atom stereocenters. The topological polar surface area (TPSA) is 50.1 Å². The Morgan fingerprint density at radius 3 is 2.18 bits per heavy atom. The van der Waals surface area contributed by atoms with Gasteiger partial charge in [-0.15, -0.1) is 0 Å². The molecule has 0 aliphatic carbocycles. The predicted molar refractivity (Wildman–Crippen MR) is 99.0 cm³/mol. The van der Waals surface area contributed by atoms with E-state index in [4.69, 9.17) is 5.73 Å². The highest BCUT2D eigenvalue weighted by Gasteiger charge is 2.02. The monoisotopic (exact) mass is 307 g/mol. The van der Waals surface area contributed by atoms with Crippen LogP contribution >= 0.6 is 0 Å². The van der Waals surface area contributed by atoms with E-state index in [2.05, 4.69) is 48.7 Å². The van der Waals surface area contributed by atoms with E-state index in [1.165, 1.54) is 36.8 Å². The Bertz CT molecular complexity index is 335. The number of benzene rings is 1. The summed E-state index contributed by atoms with van der Waals surface area (Å²) in [6.07, 6.45) is 4.97. The van der Waals surface area contributed by atoms with E-state index in [-0.39, 0.29) is 0 Å². The molecular formula is C19H37N3. The Hall–Kier alpha value is -0.900. The van der Waals surface area contributed by atoms with Crippen LogP contribution in [0.1, 0.15) is 64.5 Å². The molecule has 4 N–H and O–H groups in total. The highest BCUT2D eigenvalue weighted by atomic mass is 14.9. The van der Waals surface area contributed by atoms with E-state index >= 15 is 0 Å². The van der Waals surface area contributed by atoms with Crippen LogP contribution in [0.25, 0.3) is 0 Å². The lowest BCUT2D eigenvalue weighted by Crippen LogP contribution is -2.30. The molecule has 0 heterocycles. The third kappa shape index (κ3) is 9.93. The molecule has 0 bridgehead atoms. The van der Waals surface area contributed by atoms with Crippen LogP contribution in [0.5, 0.6) is 0 Å². The van der Waals surface area contributed by atoms with Crippen LogP contribution in [0.4, 0.5) is 0 Å². The third-order valence-corrected chi connectivity index (χ3v) is 3.68. The van der Waals surface area contributed by atoms with Crippen LogP contribution in [0.15, 0.2) is 24.3 Å². The molecule has 0 aromatic heterocycles. The molecule has 0 radical (unpaired) electrons. The maximum absolute atomic E-state index is 5.59. The summed E-state index contributed by atoms with van der Waals surface area (Å²) < 4.78 is 0. The van der Waals surface area contributed by atoms with Crippen molar-refractivity contribution in [1.29, 1.82) is 0 Å². The van der Waals surface area contributed by atoms with Gasteiger partial charge in [0.25, 0.3) is 0 Å². The summed E-state index contributed by atoms with van der Waals surface area (Å²) in [7, 11) is 0. The van der Waals surface area contributed by atoms with Gasteiger partial charge in [0.05, 0.1) is 0 Å². The molecule has 22 heavy (non-hydrogen) atoms. The van der Waals surface area contributed by atoms with Gasteiger partial charge in [-0.2, -0.15) is 0 Å². The van der Waals surface area contributed by atoms with Crippen molar-refractivity contribution in [3.63, 3.8) is 0 Å². The fourth-order valence-corrected chi connectivity index (χ4v) is 2.34. The molecule has 0 spiro atoms. The Kier molecular flexibility index (Phi) is 14.4. The molecule has 3 heteroatoms. The molecule has 1 rings (SSSR count). The minimum Gasteiger partial charge on any atom is -0.326 e. The predicted octanol–water partition coefficient (Wildman–Crippen LogP) is 3.82. The summed E-state index contributed by atoms with van der Waals surface area (Å²) in [5.41, 5.74) is 8.11. The smallest absolute Gasteiger partial charge is 0.0205 e. The molecule has 0 aliphatic heterocycles. The van der Waals surface area contributed by atoms with E-state index in [0.717, 1.165) is 19.6 Å². The molecule has 1 aromatic carbocycles. The third-order valence-electron chi connectivity index (χ3n) is 3.68. The van der Waals surface area contributed by atoms with Gasteiger partial charge < -0.3 is 16.4 Å². The van der Waals surface area contributed by atoms with Crippen LogP contribution in [0, 0.1) is 0 Å². The van der Waals surface area contributed by atoms with Gasteiger partial charge in [-0.25, -0.2) is 0 Å². The van der Waals surface area contributed by atoms with Gasteiger partial charge in [-0.3, -0.25) is 0 Å². The second-order valence-electron chi connectivity index (χ2n) is 5.40. The summed E-state index contributed by atoms with van der Waals surface area (Å²) in [5, 5.41) is 7.12. The lowest BCUT2D eigenvalue weighted by atomic mass is 10.1. The van der Waals surface area contributed by atoms with Crippen molar-refractivity contribution in [2.45, 2.75) is 72.5 Å². The number of rotatable bonds is 11. The quantitative estimate of drug-likeness (QED) is 0.545. The largest absolute Gasteiger partial charge is 0.326 e. The van der Waals surface area contributed by atoms with Crippen LogP contribution < -0.4 is 16.4 Å². The zero-order chi connectivity index (χ0) is 16.6. The average Bonchev–Trinajstić information content (AvgIpc) is 2.59. The van der Waals surface area contributed by atoms with E-state index in [1.54, 1.807) is 0 Å². The molecular weight excluding hydrogens is 270 g/mol. The van der Waals surface area contributed by atoms with Crippen molar-refractivity contribution >= 4 is 0 Å². The highest BCUT2D eigenvalue weighted by molar-refractivity contribution is 5.22. The summed E-state index contributed by atoms with van der Waals surface area (Å²) in [5.74, 6) is 0. The summed E-state index contributed by atoms with van der Waals surface area (Å²) >= 11 is 0. The normalized spacial score (nSPS) is 11.7. The van der Waals surface area contributed by atoms with Gasteiger partial charge in [0.15, 0.2) is 0 Å². The summed E-state index contributed by atoms with van der Waals surface area (Å²) in [6, 6.07) is 9.22. The molecule has 0 saturated carbocycles. The first-order valence-corrected chi connectivity index (χ1v) is 9.02. The number of nitrogens with two attached hydrogens (primary N) is 1. The summed E-state index contributed by atoms with van der Waals surface area (Å²) in [6.45, 7) is 12.2. The van der Waals surface area contributed by atoms with E-state index in [0.29, 0.717) is 12.6 Å². The van der Waals surface area contributed by atoms with Gasteiger partial charge in [0.2, 0.25) is 0 Å².